The lowest BCUT2D eigenvalue weighted by molar-refractivity contribution is 0.384. The molecule has 2 rings (SSSR count). The first-order valence-electron chi connectivity index (χ1n) is 7.55. The minimum Gasteiger partial charge on any atom is -0.207 e. The molecule has 100 valence electrons. The molecule has 1 aliphatic rings. The van der Waals surface area contributed by atoms with Crippen LogP contribution in [0.25, 0.3) is 0 Å². The van der Waals surface area contributed by atoms with Crippen LogP contribution in [0, 0.1) is 11.7 Å². The normalized spacial score (nSPS) is 19.4. The van der Waals surface area contributed by atoms with Crippen LogP contribution in [0.5, 0.6) is 0 Å². The van der Waals surface area contributed by atoms with Gasteiger partial charge in [-0.3, -0.25) is 0 Å². The fourth-order valence-corrected chi connectivity index (χ4v) is 3.28. The van der Waals surface area contributed by atoms with Gasteiger partial charge in [-0.15, -0.1) is 0 Å². The summed E-state index contributed by atoms with van der Waals surface area (Å²) in [5.74, 6) is 1.39. The van der Waals surface area contributed by atoms with Crippen molar-refractivity contribution >= 4 is 0 Å². The molecule has 1 unspecified atom stereocenters. The van der Waals surface area contributed by atoms with E-state index in [1.54, 1.807) is 12.1 Å². The summed E-state index contributed by atoms with van der Waals surface area (Å²) in [7, 11) is 0. The highest BCUT2D eigenvalue weighted by Gasteiger charge is 2.18. The van der Waals surface area contributed by atoms with E-state index >= 15 is 0 Å². The van der Waals surface area contributed by atoms with E-state index in [0.29, 0.717) is 5.92 Å². The Morgan fingerprint density at radius 1 is 1.06 bits per heavy atom. The van der Waals surface area contributed by atoms with Gasteiger partial charge in [0, 0.05) is 0 Å². The van der Waals surface area contributed by atoms with E-state index < -0.39 is 0 Å². The molecule has 0 bridgehead atoms. The van der Waals surface area contributed by atoms with Crippen molar-refractivity contribution in [1.29, 1.82) is 0 Å². The van der Waals surface area contributed by atoms with Crippen molar-refractivity contribution in [1.82, 2.24) is 0 Å². The lowest BCUT2D eigenvalue weighted by atomic mass is 9.84. The second kappa shape index (κ2) is 6.92. The minimum atomic E-state index is -0.122. The summed E-state index contributed by atoms with van der Waals surface area (Å²) in [6.07, 6.45) is 10.9. The van der Waals surface area contributed by atoms with Crippen molar-refractivity contribution in [3.8, 4) is 0 Å². The number of hydrogen-bond acceptors (Lipinski definition) is 0. The SMILES string of the molecule is CCC(CC1CCCCCC1)c1ccc(F)cc1. The van der Waals surface area contributed by atoms with E-state index in [1.165, 1.54) is 56.9 Å². The summed E-state index contributed by atoms with van der Waals surface area (Å²) in [4.78, 5) is 0. The van der Waals surface area contributed by atoms with Gasteiger partial charge in [-0.25, -0.2) is 4.39 Å². The second-order valence-electron chi connectivity index (χ2n) is 5.75. The van der Waals surface area contributed by atoms with Crippen LogP contribution in [0.1, 0.15) is 69.8 Å². The van der Waals surface area contributed by atoms with Gasteiger partial charge in [-0.05, 0) is 42.4 Å². The fourth-order valence-electron chi connectivity index (χ4n) is 3.28. The molecule has 1 aliphatic carbocycles. The lowest BCUT2D eigenvalue weighted by Crippen LogP contribution is -2.07. The molecule has 1 atom stereocenters. The Morgan fingerprint density at radius 3 is 2.22 bits per heavy atom. The number of rotatable bonds is 4. The lowest BCUT2D eigenvalue weighted by Gasteiger charge is -2.22. The molecule has 1 heteroatoms. The van der Waals surface area contributed by atoms with Crippen LogP contribution in [0.4, 0.5) is 4.39 Å². The van der Waals surface area contributed by atoms with Gasteiger partial charge in [-0.2, -0.15) is 0 Å². The van der Waals surface area contributed by atoms with E-state index in [9.17, 15) is 4.39 Å². The molecule has 1 aromatic carbocycles. The zero-order chi connectivity index (χ0) is 12.8. The maximum atomic E-state index is 13.0. The van der Waals surface area contributed by atoms with Gasteiger partial charge < -0.3 is 0 Å². The van der Waals surface area contributed by atoms with Gasteiger partial charge in [0.15, 0.2) is 0 Å². The molecule has 18 heavy (non-hydrogen) atoms. The highest BCUT2D eigenvalue weighted by molar-refractivity contribution is 5.20. The summed E-state index contributed by atoms with van der Waals surface area (Å²) in [6, 6.07) is 7.15. The Morgan fingerprint density at radius 2 is 1.67 bits per heavy atom. The van der Waals surface area contributed by atoms with Gasteiger partial charge >= 0.3 is 0 Å². The Balaban J connectivity index is 1.97. The van der Waals surface area contributed by atoms with E-state index in [-0.39, 0.29) is 5.82 Å². The largest absolute Gasteiger partial charge is 0.207 e. The molecule has 1 fully saturated rings. The van der Waals surface area contributed by atoms with Crippen molar-refractivity contribution < 1.29 is 4.39 Å². The van der Waals surface area contributed by atoms with Crippen LogP contribution in [0.15, 0.2) is 24.3 Å². The van der Waals surface area contributed by atoms with Gasteiger partial charge in [-0.1, -0.05) is 57.6 Å². The van der Waals surface area contributed by atoms with Crippen molar-refractivity contribution in [2.24, 2.45) is 5.92 Å². The van der Waals surface area contributed by atoms with Gasteiger partial charge in [0.05, 0.1) is 0 Å². The molecule has 0 spiro atoms. The smallest absolute Gasteiger partial charge is 0.123 e. The molecule has 0 heterocycles. The monoisotopic (exact) mass is 248 g/mol. The Hall–Kier alpha value is -0.850. The van der Waals surface area contributed by atoms with Gasteiger partial charge in [0.2, 0.25) is 0 Å². The molecule has 0 N–H and O–H groups in total. The van der Waals surface area contributed by atoms with Crippen LogP contribution in [-0.4, -0.2) is 0 Å². The zero-order valence-corrected chi connectivity index (χ0v) is 11.5. The summed E-state index contributed by atoms with van der Waals surface area (Å²) in [5.41, 5.74) is 1.32. The van der Waals surface area contributed by atoms with Crippen LogP contribution in [0.2, 0.25) is 0 Å². The molecule has 1 saturated carbocycles. The van der Waals surface area contributed by atoms with E-state index in [2.05, 4.69) is 6.92 Å². The average molecular weight is 248 g/mol. The summed E-state index contributed by atoms with van der Waals surface area (Å²) >= 11 is 0. The van der Waals surface area contributed by atoms with Crippen LogP contribution in [0.3, 0.4) is 0 Å². The second-order valence-corrected chi connectivity index (χ2v) is 5.75. The van der Waals surface area contributed by atoms with Crippen LogP contribution < -0.4 is 0 Å². The first-order chi connectivity index (χ1) is 8.79. The number of hydrogen-bond donors (Lipinski definition) is 0. The first-order valence-corrected chi connectivity index (χ1v) is 7.55. The third kappa shape index (κ3) is 3.83. The van der Waals surface area contributed by atoms with Crippen molar-refractivity contribution in [3.05, 3.63) is 35.6 Å². The maximum Gasteiger partial charge on any atom is 0.123 e. The predicted octanol–water partition coefficient (Wildman–Crippen LogP) is 5.68. The molecular formula is C17H25F. The topological polar surface area (TPSA) is 0 Å². The number of halogens is 1. The molecule has 0 aromatic heterocycles. The molecule has 0 radical (unpaired) electrons. The van der Waals surface area contributed by atoms with E-state index in [0.717, 1.165) is 5.92 Å². The van der Waals surface area contributed by atoms with E-state index in [1.807, 2.05) is 12.1 Å². The molecule has 0 saturated heterocycles. The highest BCUT2D eigenvalue weighted by atomic mass is 19.1. The predicted molar refractivity (Wildman–Crippen MR) is 75.2 cm³/mol. The maximum absolute atomic E-state index is 13.0. The molecule has 0 aliphatic heterocycles. The third-order valence-electron chi connectivity index (χ3n) is 4.43. The summed E-state index contributed by atoms with van der Waals surface area (Å²) < 4.78 is 13.0. The highest BCUT2D eigenvalue weighted by Crippen LogP contribution is 2.33. The molecule has 1 aromatic rings. The summed E-state index contributed by atoms with van der Waals surface area (Å²) in [5, 5.41) is 0. The minimum absolute atomic E-state index is 0.122. The molecule has 0 amide bonds. The van der Waals surface area contributed by atoms with Crippen molar-refractivity contribution in [2.45, 2.75) is 64.2 Å². The standard InChI is InChI=1S/C17H25F/c1-2-15(16-9-11-17(18)12-10-16)13-14-7-5-3-4-6-8-14/h9-12,14-15H,2-8,13H2,1H3. The van der Waals surface area contributed by atoms with Crippen LogP contribution in [-0.2, 0) is 0 Å². The Labute approximate surface area is 111 Å². The number of benzene rings is 1. The Bertz CT molecular complexity index is 333. The van der Waals surface area contributed by atoms with Crippen molar-refractivity contribution in [2.75, 3.05) is 0 Å². The first kappa shape index (κ1) is 13.6. The van der Waals surface area contributed by atoms with E-state index in [4.69, 9.17) is 0 Å². The molecule has 0 nitrogen and oxygen atoms in total. The van der Waals surface area contributed by atoms with Gasteiger partial charge in [0.1, 0.15) is 5.82 Å². The Kier molecular flexibility index (Phi) is 5.22. The third-order valence-corrected chi connectivity index (χ3v) is 4.43. The molecular weight excluding hydrogens is 223 g/mol. The van der Waals surface area contributed by atoms with Crippen LogP contribution >= 0.6 is 0 Å². The zero-order valence-electron chi connectivity index (χ0n) is 11.5. The van der Waals surface area contributed by atoms with Crippen molar-refractivity contribution in [3.63, 3.8) is 0 Å². The quantitative estimate of drug-likeness (QED) is 0.601. The average Bonchev–Trinajstić information content (AvgIpc) is 2.66. The summed E-state index contributed by atoms with van der Waals surface area (Å²) in [6.45, 7) is 2.25. The van der Waals surface area contributed by atoms with Gasteiger partial charge in [0.25, 0.3) is 0 Å². The fraction of sp³-hybridized carbons (Fsp3) is 0.647.